The summed E-state index contributed by atoms with van der Waals surface area (Å²) in [4.78, 5) is 17.5. The smallest absolute Gasteiger partial charge is 0.274 e. The number of nitrogens with zero attached hydrogens (tertiary/aromatic N) is 2. The zero-order valence-electron chi connectivity index (χ0n) is 13.7. The van der Waals surface area contributed by atoms with Gasteiger partial charge in [0, 0.05) is 13.5 Å². The van der Waals surface area contributed by atoms with Gasteiger partial charge in [0.2, 0.25) is 5.11 Å². The highest BCUT2D eigenvalue weighted by molar-refractivity contribution is 7.80. The molecule has 1 heterocycles. The molecule has 1 amide bonds. The summed E-state index contributed by atoms with van der Waals surface area (Å²) in [6.07, 6.45) is 0.474. The van der Waals surface area contributed by atoms with Crippen LogP contribution in [-0.2, 0) is 17.8 Å². The number of aryl methyl sites for hydroxylation is 1. The van der Waals surface area contributed by atoms with Crippen LogP contribution in [0, 0.1) is 6.92 Å². The van der Waals surface area contributed by atoms with Gasteiger partial charge in [-0.1, -0.05) is 42.0 Å². The molecule has 0 aromatic heterocycles. The zero-order chi connectivity index (χ0) is 17.1. The van der Waals surface area contributed by atoms with Crippen molar-refractivity contribution in [2.24, 2.45) is 4.99 Å². The third-order valence-corrected chi connectivity index (χ3v) is 4.22. The molecule has 2 aromatic carbocycles. The van der Waals surface area contributed by atoms with Crippen molar-refractivity contribution in [3.8, 4) is 5.75 Å². The number of hydrogen-bond acceptors (Lipinski definition) is 3. The third kappa shape index (κ3) is 3.68. The standard InChI is InChI=1S/C19H18N2O2S/c1-13-4-3-5-15(10-13)12-23-16-8-6-14(7-9-16)11-17-18(22)21(2)19(24)20-17/h3-10H,11-12H2,1-2H3. The highest BCUT2D eigenvalue weighted by Crippen LogP contribution is 2.17. The number of rotatable bonds is 5. The fourth-order valence-corrected chi connectivity index (χ4v) is 2.69. The van der Waals surface area contributed by atoms with E-state index in [9.17, 15) is 4.79 Å². The molecule has 24 heavy (non-hydrogen) atoms. The highest BCUT2D eigenvalue weighted by atomic mass is 32.1. The third-order valence-electron chi connectivity index (χ3n) is 3.85. The first-order valence-corrected chi connectivity index (χ1v) is 8.10. The first kappa shape index (κ1) is 16.3. The second-order valence-corrected chi connectivity index (χ2v) is 6.17. The lowest BCUT2D eigenvalue weighted by Crippen LogP contribution is -2.29. The molecule has 0 radical (unpaired) electrons. The topological polar surface area (TPSA) is 41.9 Å². The minimum absolute atomic E-state index is 0.125. The van der Waals surface area contributed by atoms with Gasteiger partial charge in [-0.2, -0.15) is 0 Å². The van der Waals surface area contributed by atoms with Crippen molar-refractivity contribution in [2.75, 3.05) is 7.05 Å². The molecule has 5 heteroatoms. The van der Waals surface area contributed by atoms with Crippen LogP contribution in [0.2, 0.25) is 0 Å². The van der Waals surface area contributed by atoms with Crippen molar-refractivity contribution in [2.45, 2.75) is 20.0 Å². The normalized spacial score (nSPS) is 14.1. The average molecular weight is 338 g/mol. The maximum Gasteiger partial charge on any atom is 0.274 e. The molecule has 0 bridgehead atoms. The van der Waals surface area contributed by atoms with Crippen LogP contribution in [0.15, 0.2) is 53.5 Å². The monoisotopic (exact) mass is 338 g/mol. The van der Waals surface area contributed by atoms with Crippen molar-refractivity contribution in [3.05, 3.63) is 65.2 Å². The van der Waals surface area contributed by atoms with E-state index in [1.807, 2.05) is 36.4 Å². The molecule has 0 saturated carbocycles. The van der Waals surface area contributed by atoms with E-state index in [4.69, 9.17) is 17.0 Å². The van der Waals surface area contributed by atoms with E-state index in [1.54, 1.807) is 7.05 Å². The Morgan fingerprint density at radius 1 is 1.12 bits per heavy atom. The first-order valence-electron chi connectivity index (χ1n) is 7.70. The van der Waals surface area contributed by atoms with Gasteiger partial charge in [0.05, 0.1) is 0 Å². The van der Waals surface area contributed by atoms with E-state index in [-0.39, 0.29) is 5.91 Å². The van der Waals surface area contributed by atoms with E-state index in [0.717, 1.165) is 16.9 Å². The van der Waals surface area contributed by atoms with Crippen LogP contribution in [0.25, 0.3) is 0 Å². The predicted octanol–water partition coefficient (Wildman–Crippen LogP) is 3.31. The molecule has 1 aliphatic heterocycles. The van der Waals surface area contributed by atoms with Gasteiger partial charge in [0.25, 0.3) is 5.91 Å². The van der Waals surface area contributed by atoms with Gasteiger partial charge < -0.3 is 4.74 Å². The molecule has 0 N–H and O–H groups in total. The lowest BCUT2D eigenvalue weighted by Gasteiger charge is -2.08. The molecule has 1 aliphatic rings. The van der Waals surface area contributed by atoms with Crippen molar-refractivity contribution in [1.82, 2.24) is 4.90 Å². The summed E-state index contributed by atoms with van der Waals surface area (Å²) >= 11 is 5.02. The fourth-order valence-electron chi connectivity index (χ4n) is 2.50. The first-order chi connectivity index (χ1) is 11.5. The van der Waals surface area contributed by atoms with Crippen LogP contribution in [0.1, 0.15) is 16.7 Å². The fraction of sp³-hybridized carbons (Fsp3) is 0.211. The predicted molar refractivity (Wildman–Crippen MR) is 98.5 cm³/mol. The lowest BCUT2D eigenvalue weighted by atomic mass is 10.1. The number of carbonyl (C=O) groups excluding carboxylic acids is 1. The summed E-state index contributed by atoms with van der Waals surface area (Å²) in [6, 6.07) is 16.0. The molecule has 0 aliphatic carbocycles. The molecule has 0 saturated heterocycles. The van der Waals surface area contributed by atoms with Crippen LogP contribution in [-0.4, -0.2) is 28.7 Å². The highest BCUT2D eigenvalue weighted by Gasteiger charge is 2.26. The SMILES string of the molecule is Cc1cccc(COc2ccc(CC3=NC(=S)N(C)C3=O)cc2)c1. The van der Waals surface area contributed by atoms with E-state index in [1.165, 1.54) is 10.5 Å². The number of aliphatic imine (C=N–C) groups is 1. The number of thiocarbonyl (C=S) groups is 1. The van der Waals surface area contributed by atoms with Crippen molar-refractivity contribution < 1.29 is 9.53 Å². The van der Waals surface area contributed by atoms with Crippen molar-refractivity contribution in [1.29, 1.82) is 0 Å². The van der Waals surface area contributed by atoms with Gasteiger partial charge >= 0.3 is 0 Å². The lowest BCUT2D eigenvalue weighted by molar-refractivity contribution is -0.119. The molecule has 0 unspecified atom stereocenters. The quantitative estimate of drug-likeness (QED) is 0.786. The Hall–Kier alpha value is -2.53. The maximum absolute atomic E-state index is 12.0. The van der Waals surface area contributed by atoms with Crippen LogP contribution in [0.5, 0.6) is 5.75 Å². The molecule has 2 aromatic rings. The Labute approximate surface area is 146 Å². The minimum Gasteiger partial charge on any atom is -0.489 e. The minimum atomic E-state index is -0.125. The molecule has 0 atom stereocenters. The summed E-state index contributed by atoms with van der Waals surface area (Å²) in [7, 11) is 1.64. The van der Waals surface area contributed by atoms with Crippen LogP contribution in [0.3, 0.4) is 0 Å². The molecule has 3 rings (SSSR count). The molecule has 0 fully saturated rings. The van der Waals surface area contributed by atoms with E-state index in [2.05, 4.69) is 24.0 Å². The summed E-state index contributed by atoms with van der Waals surface area (Å²) in [5.41, 5.74) is 3.84. The van der Waals surface area contributed by atoms with Gasteiger partial charge in [-0.15, -0.1) is 0 Å². The Balaban J connectivity index is 1.61. The van der Waals surface area contributed by atoms with E-state index < -0.39 is 0 Å². The largest absolute Gasteiger partial charge is 0.489 e. The Morgan fingerprint density at radius 3 is 2.50 bits per heavy atom. The molecular weight excluding hydrogens is 320 g/mol. The second-order valence-electron chi connectivity index (χ2n) is 5.80. The van der Waals surface area contributed by atoms with E-state index >= 15 is 0 Å². The summed E-state index contributed by atoms with van der Waals surface area (Å²) in [5, 5.41) is 0.327. The summed E-state index contributed by atoms with van der Waals surface area (Å²) in [5.74, 6) is 0.673. The molecule has 122 valence electrons. The number of hydrogen-bond donors (Lipinski definition) is 0. The Morgan fingerprint density at radius 2 is 1.88 bits per heavy atom. The average Bonchev–Trinajstić information content (AvgIpc) is 2.81. The van der Waals surface area contributed by atoms with Crippen LogP contribution < -0.4 is 4.74 Å². The van der Waals surface area contributed by atoms with Gasteiger partial charge in [0.15, 0.2) is 0 Å². The number of amides is 1. The summed E-state index contributed by atoms with van der Waals surface area (Å²) in [6.45, 7) is 2.60. The number of carbonyl (C=O) groups is 1. The summed E-state index contributed by atoms with van der Waals surface area (Å²) < 4.78 is 5.80. The Bertz CT molecular complexity index is 812. The Kier molecular flexibility index (Phi) is 4.71. The van der Waals surface area contributed by atoms with Crippen molar-refractivity contribution in [3.63, 3.8) is 0 Å². The molecule has 4 nitrogen and oxygen atoms in total. The van der Waals surface area contributed by atoms with Crippen LogP contribution >= 0.6 is 12.2 Å². The maximum atomic E-state index is 12.0. The molecular formula is C19H18N2O2S. The van der Waals surface area contributed by atoms with Gasteiger partial charge in [0.1, 0.15) is 18.1 Å². The molecule has 0 spiro atoms. The van der Waals surface area contributed by atoms with E-state index in [0.29, 0.717) is 23.9 Å². The number of ether oxygens (including phenoxy) is 1. The van der Waals surface area contributed by atoms with Gasteiger partial charge in [-0.3, -0.25) is 9.69 Å². The van der Waals surface area contributed by atoms with Gasteiger partial charge in [-0.05, 0) is 42.4 Å². The number of benzene rings is 2. The van der Waals surface area contributed by atoms with Gasteiger partial charge in [-0.25, -0.2) is 4.99 Å². The second kappa shape index (κ2) is 6.93. The zero-order valence-corrected chi connectivity index (χ0v) is 14.5. The van der Waals surface area contributed by atoms with Crippen molar-refractivity contribution >= 4 is 28.9 Å². The van der Waals surface area contributed by atoms with Crippen LogP contribution in [0.4, 0.5) is 0 Å².